The van der Waals surface area contributed by atoms with E-state index in [0.717, 1.165) is 19.3 Å². The average Bonchev–Trinajstić information content (AvgIpc) is 1.97. The van der Waals surface area contributed by atoms with E-state index in [2.05, 4.69) is 0 Å². The Morgan fingerprint density at radius 2 is 1.82 bits per heavy atom. The summed E-state index contributed by atoms with van der Waals surface area (Å²) in [5, 5.41) is 0. The van der Waals surface area contributed by atoms with Crippen LogP contribution in [0.25, 0.3) is 0 Å². The van der Waals surface area contributed by atoms with Crippen molar-refractivity contribution in [2.45, 2.75) is 32.6 Å². The maximum absolute atomic E-state index is 10.7. The molecule has 0 saturated carbocycles. The van der Waals surface area contributed by atoms with Gasteiger partial charge in [0.25, 0.3) is 0 Å². The molecule has 0 bridgehead atoms. The van der Waals surface area contributed by atoms with Crippen molar-refractivity contribution in [1.82, 2.24) is 0 Å². The third-order valence-electron chi connectivity index (χ3n) is 1.43. The van der Waals surface area contributed by atoms with E-state index in [1.54, 1.807) is 0 Å². The molecular formula is C8H13ClO2. The van der Waals surface area contributed by atoms with E-state index in [0.29, 0.717) is 12.3 Å². The van der Waals surface area contributed by atoms with Gasteiger partial charge in [0.2, 0.25) is 0 Å². The van der Waals surface area contributed by atoms with Crippen LogP contribution in [0.4, 0.5) is 0 Å². The molecule has 11 heavy (non-hydrogen) atoms. The van der Waals surface area contributed by atoms with Crippen molar-refractivity contribution in [2.24, 2.45) is 0 Å². The zero-order chi connectivity index (χ0) is 8.69. The summed E-state index contributed by atoms with van der Waals surface area (Å²) in [6.07, 6.45) is 3.02. The number of carbonyl (C=O) groups is 2. The maximum atomic E-state index is 10.7. The van der Waals surface area contributed by atoms with Gasteiger partial charge < -0.3 is 0 Å². The third kappa shape index (κ3) is 6.05. The molecule has 0 saturated heterocycles. The summed E-state index contributed by atoms with van der Waals surface area (Å²) in [6, 6.07) is 0. The van der Waals surface area contributed by atoms with Crippen LogP contribution in [0.15, 0.2) is 0 Å². The number of unbranched alkanes of at least 4 members (excludes halogenated alkanes) is 2. The van der Waals surface area contributed by atoms with Crippen LogP contribution < -0.4 is 0 Å². The smallest absolute Gasteiger partial charge is 0.198 e. The van der Waals surface area contributed by atoms with Gasteiger partial charge in [-0.15, -0.1) is 11.6 Å². The first kappa shape index (κ1) is 10.6. The van der Waals surface area contributed by atoms with Gasteiger partial charge in [0, 0.05) is 19.2 Å². The minimum atomic E-state index is -0.337. The Kier molecular flexibility index (Phi) is 6.13. The molecule has 0 amide bonds. The van der Waals surface area contributed by atoms with Crippen molar-refractivity contribution in [3.05, 3.63) is 0 Å². The van der Waals surface area contributed by atoms with Gasteiger partial charge in [-0.05, 0) is 12.8 Å². The van der Waals surface area contributed by atoms with Gasteiger partial charge in [-0.2, -0.15) is 0 Å². The normalized spacial score (nSPS) is 9.64. The minimum absolute atomic E-state index is 0.264. The molecule has 0 aromatic carbocycles. The molecule has 0 unspecified atom stereocenters. The number of halogens is 1. The van der Waals surface area contributed by atoms with E-state index in [4.69, 9.17) is 11.6 Å². The summed E-state index contributed by atoms with van der Waals surface area (Å²) >= 11 is 5.43. The van der Waals surface area contributed by atoms with Crippen LogP contribution in [0, 0.1) is 0 Å². The molecule has 0 aliphatic rings. The highest BCUT2D eigenvalue weighted by Crippen LogP contribution is 2.01. The van der Waals surface area contributed by atoms with Crippen molar-refractivity contribution in [2.75, 3.05) is 5.88 Å². The molecule has 0 aromatic rings. The lowest BCUT2D eigenvalue weighted by Crippen LogP contribution is -2.08. The number of rotatable bonds is 6. The van der Waals surface area contributed by atoms with Gasteiger partial charge in [-0.1, -0.05) is 6.42 Å². The predicted molar refractivity (Wildman–Crippen MR) is 44.9 cm³/mol. The molecule has 0 aromatic heterocycles. The summed E-state index contributed by atoms with van der Waals surface area (Å²) in [7, 11) is 0. The number of alkyl halides is 1. The van der Waals surface area contributed by atoms with E-state index in [1.165, 1.54) is 6.92 Å². The molecule has 3 heteroatoms. The highest BCUT2D eigenvalue weighted by Gasteiger charge is 2.05. The summed E-state index contributed by atoms with van der Waals surface area (Å²) in [6.45, 7) is 1.31. The van der Waals surface area contributed by atoms with Crippen LogP contribution in [-0.2, 0) is 9.59 Å². The zero-order valence-corrected chi connectivity index (χ0v) is 7.49. The lowest BCUT2D eigenvalue weighted by Gasteiger charge is -1.95. The lowest BCUT2D eigenvalue weighted by atomic mass is 10.1. The van der Waals surface area contributed by atoms with Crippen molar-refractivity contribution < 1.29 is 9.59 Å². The topological polar surface area (TPSA) is 34.1 Å². The zero-order valence-electron chi connectivity index (χ0n) is 6.73. The Balaban J connectivity index is 3.25. The van der Waals surface area contributed by atoms with Crippen molar-refractivity contribution in [3.8, 4) is 0 Å². The molecule has 0 heterocycles. The van der Waals surface area contributed by atoms with Crippen LogP contribution >= 0.6 is 11.6 Å². The number of Topliss-reactive ketones (excluding diaryl/α,β-unsaturated/α-hetero) is 2. The van der Waals surface area contributed by atoms with Gasteiger partial charge in [0.1, 0.15) is 0 Å². The largest absolute Gasteiger partial charge is 0.291 e. The third-order valence-corrected chi connectivity index (χ3v) is 1.70. The Morgan fingerprint density at radius 3 is 2.27 bits per heavy atom. The Labute approximate surface area is 71.9 Å². The average molecular weight is 177 g/mol. The molecule has 0 aliphatic heterocycles. The maximum Gasteiger partial charge on any atom is 0.198 e. The first-order valence-electron chi connectivity index (χ1n) is 3.78. The monoisotopic (exact) mass is 176 g/mol. The molecule has 0 N–H and O–H groups in total. The fraction of sp³-hybridized carbons (Fsp3) is 0.750. The number of carbonyl (C=O) groups excluding carboxylic acids is 2. The highest BCUT2D eigenvalue weighted by atomic mass is 35.5. The van der Waals surface area contributed by atoms with Gasteiger partial charge >= 0.3 is 0 Å². The summed E-state index contributed by atoms with van der Waals surface area (Å²) in [5.74, 6) is 0.0318. The second-order valence-corrected chi connectivity index (χ2v) is 2.86. The standard InChI is InChI=1S/C8H13ClO2/c1-7(10)8(11)5-3-2-4-6-9/h2-6H2,1H3. The number of hydrogen-bond donors (Lipinski definition) is 0. The van der Waals surface area contributed by atoms with Gasteiger partial charge in [0.05, 0.1) is 0 Å². The summed E-state index contributed by atoms with van der Waals surface area (Å²) in [4.78, 5) is 21.2. The van der Waals surface area contributed by atoms with Crippen molar-refractivity contribution in [3.63, 3.8) is 0 Å². The first-order chi connectivity index (χ1) is 5.18. The molecule has 0 atom stereocenters. The molecule has 0 radical (unpaired) electrons. The van der Waals surface area contributed by atoms with Crippen LogP contribution in [0.2, 0.25) is 0 Å². The molecule has 0 rings (SSSR count). The SMILES string of the molecule is CC(=O)C(=O)CCCCCCl. The molecular weight excluding hydrogens is 164 g/mol. The van der Waals surface area contributed by atoms with Crippen molar-refractivity contribution >= 4 is 23.2 Å². The van der Waals surface area contributed by atoms with Gasteiger partial charge in [0.15, 0.2) is 11.6 Å². The van der Waals surface area contributed by atoms with Gasteiger partial charge in [-0.3, -0.25) is 9.59 Å². The van der Waals surface area contributed by atoms with E-state index in [9.17, 15) is 9.59 Å². The minimum Gasteiger partial charge on any atom is -0.291 e. The molecule has 2 nitrogen and oxygen atoms in total. The second-order valence-electron chi connectivity index (χ2n) is 2.48. The Morgan fingerprint density at radius 1 is 1.18 bits per heavy atom. The summed E-state index contributed by atoms with van der Waals surface area (Å²) in [5.41, 5.74) is 0. The van der Waals surface area contributed by atoms with Crippen LogP contribution in [0.3, 0.4) is 0 Å². The predicted octanol–water partition coefficient (Wildman–Crippen LogP) is 1.94. The second kappa shape index (κ2) is 6.35. The Bertz CT molecular complexity index is 143. The quantitative estimate of drug-likeness (QED) is 0.352. The number of hydrogen-bond acceptors (Lipinski definition) is 2. The fourth-order valence-electron chi connectivity index (χ4n) is 0.733. The van der Waals surface area contributed by atoms with Crippen molar-refractivity contribution in [1.29, 1.82) is 0 Å². The van der Waals surface area contributed by atoms with E-state index in [-0.39, 0.29) is 11.6 Å². The molecule has 0 fully saturated rings. The molecule has 0 spiro atoms. The van der Waals surface area contributed by atoms with E-state index < -0.39 is 0 Å². The fourth-order valence-corrected chi connectivity index (χ4v) is 0.922. The molecule has 0 aliphatic carbocycles. The number of ketones is 2. The van der Waals surface area contributed by atoms with Crippen LogP contribution in [0.5, 0.6) is 0 Å². The molecule has 64 valence electrons. The van der Waals surface area contributed by atoms with E-state index in [1.807, 2.05) is 0 Å². The highest BCUT2D eigenvalue weighted by molar-refractivity contribution is 6.36. The summed E-state index contributed by atoms with van der Waals surface area (Å²) < 4.78 is 0. The van der Waals surface area contributed by atoms with E-state index >= 15 is 0 Å². The van der Waals surface area contributed by atoms with Crippen LogP contribution in [-0.4, -0.2) is 17.4 Å². The Hall–Kier alpha value is -0.370. The first-order valence-corrected chi connectivity index (χ1v) is 4.31. The lowest BCUT2D eigenvalue weighted by molar-refractivity contribution is -0.135. The van der Waals surface area contributed by atoms with Gasteiger partial charge in [-0.25, -0.2) is 0 Å². The van der Waals surface area contributed by atoms with Crippen LogP contribution in [0.1, 0.15) is 32.6 Å².